The Morgan fingerprint density at radius 2 is 1.19 bits per heavy atom. The fourth-order valence-corrected chi connectivity index (χ4v) is 16.0. The van der Waals surface area contributed by atoms with E-state index in [-0.39, 0.29) is 29.1 Å². The van der Waals surface area contributed by atoms with E-state index in [2.05, 4.69) is 125 Å². The lowest BCUT2D eigenvalue weighted by molar-refractivity contribution is -0.0107. The summed E-state index contributed by atoms with van der Waals surface area (Å²) in [7, 11) is 14.3. The van der Waals surface area contributed by atoms with Crippen LogP contribution in [0.5, 0.6) is 0 Å². The molecule has 18 rings (SSSR count). The van der Waals surface area contributed by atoms with Gasteiger partial charge in [0.1, 0.15) is 34.6 Å². The number of anilines is 6. The molecule has 25 nitrogen and oxygen atoms in total. The van der Waals surface area contributed by atoms with Gasteiger partial charge >= 0.3 is 0 Å². The van der Waals surface area contributed by atoms with Gasteiger partial charge in [-0.25, -0.2) is 33.8 Å². The third-order valence-corrected chi connectivity index (χ3v) is 21.5. The molecule has 6 N–H and O–H groups in total. The molecule has 2 atom stereocenters. The Bertz CT molecular complexity index is 5460. The van der Waals surface area contributed by atoms with Crippen LogP contribution in [0.4, 0.5) is 38.9 Å². The number of pyridine rings is 7. The number of carbonyl (C=O) groups is 3. The molecule has 0 saturated carbocycles. The number of imidazole rings is 1. The Morgan fingerprint density at radius 3 is 1.81 bits per heavy atom. The number of nitrogens with one attached hydrogen (secondary N) is 6. The first kappa shape index (κ1) is 70.9. The average molecular weight is 1450 g/mol. The highest BCUT2D eigenvalue weighted by molar-refractivity contribution is 6.08. The number of aryl methyl sites for hydroxylation is 2. The topological polar surface area (TPSA) is 265 Å². The maximum Gasteiger partial charge on any atom is 0.254 e. The van der Waals surface area contributed by atoms with E-state index >= 15 is 0 Å². The molecule has 6 aliphatic heterocycles. The average Bonchev–Trinajstić information content (AvgIpc) is 1.59. The number of benzene rings is 2. The van der Waals surface area contributed by atoms with Crippen molar-refractivity contribution in [2.45, 2.75) is 82.7 Å². The van der Waals surface area contributed by atoms with Crippen molar-refractivity contribution >= 4 is 74.4 Å². The quantitative estimate of drug-likeness (QED) is 0.0495. The Kier molecular flexibility index (Phi) is 19.5. The van der Waals surface area contributed by atoms with Crippen molar-refractivity contribution in [1.82, 2.24) is 79.1 Å². The summed E-state index contributed by atoms with van der Waals surface area (Å²) in [5.74, 6) is 2.18. The molecular formula is C82H86FN19O6. The minimum Gasteiger partial charge on any atom is -0.381 e. The van der Waals surface area contributed by atoms with Crippen LogP contribution in [0.2, 0.25) is 0 Å². The summed E-state index contributed by atoms with van der Waals surface area (Å²) >= 11 is 0. The molecule has 0 bridgehead atoms. The Balaban J connectivity index is 0.000000124. The molecule has 12 aromatic rings. The molecule has 10 aromatic heterocycles. The van der Waals surface area contributed by atoms with Crippen molar-refractivity contribution in [3.8, 4) is 33.6 Å². The van der Waals surface area contributed by atoms with E-state index in [1.165, 1.54) is 23.3 Å². The van der Waals surface area contributed by atoms with Crippen LogP contribution in [0.1, 0.15) is 119 Å². The highest BCUT2D eigenvalue weighted by Crippen LogP contribution is 2.43. The van der Waals surface area contributed by atoms with E-state index in [9.17, 15) is 18.8 Å². The number of rotatable bonds is 17. The third-order valence-electron chi connectivity index (χ3n) is 21.5. The number of hydrogen-bond acceptors (Lipinski definition) is 19. The number of aromatic nitrogens is 10. The SMILES string of the molecule is CN(C)C1(c2ccc(Nc3ccc(-c4cnc5cc(F)ccn45)c4c3C(=O)NC4)nc2)CCOCC1.CN(C)Cc1nc(Nc2cnc(-c3ccnc4c3ccn4C)c3c2C(=O)NC3)ccc1[C@H]1CCOC1.Cc1cccc2c(-c3ccc(Nc4ccc([C@H]5CCOC5)c(CN(C)C)n4)c4c3CNC4=O)cnn12. The van der Waals surface area contributed by atoms with Crippen LogP contribution in [0, 0.1) is 12.7 Å². The molecule has 3 amide bonds. The molecule has 108 heavy (non-hydrogen) atoms. The van der Waals surface area contributed by atoms with Crippen molar-refractivity contribution in [2.24, 2.45) is 7.05 Å². The third kappa shape index (κ3) is 13.6. The normalized spacial score (nSPS) is 17.0. The van der Waals surface area contributed by atoms with Crippen LogP contribution < -0.4 is 31.9 Å². The first-order chi connectivity index (χ1) is 52.4. The highest BCUT2D eigenvalue weighted by atomic mass is 19.1. The van der Waals surface area contributed by atoms with Gasteiger partial charge in [0.2, 0.25) is 0 Å². The van der Waals surface area contributed by atoms with E-state index in [0.29, 0.717) is 76.8 Å². The van der Waals surface area contributed by atoms with E-state index in [0.717, 1.165) is 179 Å². The van der Waals surface area contributed by atoms with Gasteiger partial charge in [-0.3, -0.25) is 28.7 Å². The molecule has 0 spiro atoms. The number of nitrogens with zero attached hydrogens (tertiary/aromatic N) is 13. The second-order valence-corrected chi connectivity index (χ2v) is 29.1. The maximum atomic E-state index is 13.6. The zero-order valence-electron chi connectivity index (χ0n) is 61.8. The van der Waals surface area contributed by atoms with Crippen LogP contribution in [-0.4, -0.2) is 163 Å². The lowest BCUT2D eigenvalue weighted by Gasteiger charge is -2.43. The number of halogens is 1. The van der Waals surface area contributed by atoms with Gasteiger partial charge in [-0.1, -0.05) is 36.4 Å². The molecule has 2 aromatic carbocycles. The van der Waals surface area contributed by atoms with Gasteiger partial charge in [-0.05, 0) is 169 Å². The summed E-state index contributed by atoms with van der Waals surface area (Å²) in [6, 6.07) is 33.2. The van der Waals surface area contributed by atoms with Gasteiger partial charge in [-0.15, -0.1) is 0 Å². The summed E-state index contributed by atoms with van der Waals surface area (Å²) in [6.07, 6.45) is 16.5. The predicted octanol–water partition coefficient (Wildman–Crippen LogP) is 11.9. The molecule has 0 unspecified atom stereocenters. The highest BCUT2D eigenvalue weighted by Gasteiger charge is 2.38. The van der Waals surface area contributed by atoms with E-state index in [1.807, 2.05) is 121 Å². The van der Waals surface area contributed by atoms with Crippen molar-refractivity contribution in [3.63, 3.8) is 0 Å². The zero-order valence-corrected chi connectivity index (χ0v) is 61.8. The first-order valence-corrected chi connectivity index (χ1v) is 36.6. The predicted molar refractivity (Wildman–Crippen MR) is 413 cm³/mol. The second kappa shape index (κ2) is 29.7. The number of carbonyl (C=O) groups excluding carboxylic acids is 3. The lowest BCUT2D eigenvalue weighted by atomic mass is 9.82. The molecule has 16 heterocycles. The summed E-state index contributed by atoms with van der Waals surface area (Å²) < 4.78 is 36.2. The monoisotopic (exact) mass is 1450 g/mol. The van der Waals surface area contributed by atoms with Gasteiger partial charge in [0, 0.05) is 142 Å². The van der Waals surface area contributed by atoms with Crippen LogP contribution >= 0.6 is 0 Å². The van der Waals surface area contributed by atoms with Crippen molar-refractivity contribution in [1.29, 1.82) is 0 Å². The van der Waals surface area contributed by atoms with Gasteiger partial charge < -0.3 is 60.5 Å². The summed E-state index contributed by atoms with van der Waals surface area (Å²) in [6.45, 7) is 9.36. The van der Waals surface area contributed by atoms with Crippen LogP contribution in [0.15, 0.2) is 147 Å². The Labute approximate surface area is 624 Å². The summed E-state index contributed by atoms with van der Waals surface area (Å²) in [5, 5.41) is 24.7. The lowest BCUT2D eigenvalue weighted by Crippen LogP contribution is -2.45. The number of ether oxygens (including phenoxy) is 3. The first-order valence-electron chi connectivity index (χ1n) is 36.6. The molecule has 552 valence electrons. The fraction of sp³-hybridized carbons (Fsp3) is 0.317. The van der Waals surface area contributed by atoms with Crippen molar-refractivity contribution in [3.05, 3.63) is 219 Å². The molecule has 0 radical (unpaired) electrons. The van der Waals surface area contributed by atoms with Crippen LogP contribution in [0.25, 0.3) is 55.8 Å². The standard InChI is InChI=1S/C28H30N6O2.C27H27FN6O2.C27H29N7O2/c1-17-5-4-6-25-21(14-30-34(17)25)20-7-9-23(27-22(20)13-29-28(27)35)31-26-10-8-19(18-11-12-36-16-18)24(32-26)15-33(2)3;1-33(2)27(8-11-36-12-9-27)17-3-6-23(29-14-17)32-21-5-4-19(20-15-31-26(35)25(20)21)22-16-30-24-13-18(28)7-10-34(22)24;1-33(2)14-22-17(16-8-11-36-15-16)4-5-23(32-22)31-21-13-29-25(20-12-30-27(35)24(20)21)18-6-9-28-26-19(18)7-10-34(26)3/h4-10,14,18H,11-13,15-16H2,1-3H3,(H,29,35)(H,31,32);3-7,10,13-14,16H,8-9,11-12,15H2,1-2H3,(H,29,32)(H,31,35);4-7,9-10,13,16H,8,11-12,14-15H2,1-3H3,(H,30,35)(H,31,32)/t18-;;16-/m0.0/s1. The summed E-state index contributed by atoms with van der Waals surface area (Å²) in [4.78, 5) is 73.5. The van der Waals surface area contributed by atoms with Gasteiger partial charge in [0.25, 0.3) is 17.7 Å². The zero-order chi connectivity index (χ0) is 74.5. The Hall–Kier alpha value is -11.4. The van der Waals surface area contributed by atoms with Crippen molar-refractivity contribution < 1.29 is 33.0 Å². The number of hydrogen-bond donors (Lipinski definition) is 6. The smallest absolute Gasteiger partial charge is 0.254 e. The van der Waals surface area contributed by atoms with Crippen LogP contribution in [-0.2, 0) is 59.5 Å². The number of fused-ring (bicyclic) bond motifs is 6. The molecule has 26 heteroatoms. The van der Waals surface area contributed by atoms with E-state index in [4.69, 9.17) is 29.2 Å². The van der Waals surface area contributed by atoms with Crippen LogP contribution in [0.3, 0.4) is 0 Å². The minimum absolute atomic E-state index is 0.0738. The van der Waals surface area contributed by atoms with Gasteiger partial charge in [0.15, 0.2) is 0 Å². The van der Waals surface area contributed by atoms with Gasteiger partial charge in [0.05, 0.1) is 99.4 Å². The minimum atomic E-state index is -0.340. The van der Waals surface area contributed by atoms with Gasteiger partial charge in [-0.2, -0.15) is 5.10 Å². The number of amides is 3. The fourth-order valence-electron chi connectivity index (χ4n) is 16.0. The maximum absolute atomic E-state index is 13.6. The molecular weight excluding hydrogens is 1370 g/mol. The summed E-state index contributed by atoms with van der Waals surface area (Å²) in [5.41, 5.74) is 21.3. The second-order valence-electron chi connectivity index (χ2n) is 29.1. The Morgan fingerprint density at radius 1 is 0.574 bits per heavy atom. The molecule has 3 fully saturated rings. The molecule has 0 aliphatic carbocycles. The molecule has 6 aliphatic rings. The van der Waals surface area contributed by atoms with E-state index < -0.39 is 0 Å². The van der Waals surface area contributed by atoms with E-state index in [1.54, 1.807) is 24.8 Å². The molecule has 3 saturated heterocycles. The largest absolute Gasteiger partial charge is 0.381 e. The van der Waals surface area contributed by atoms with Crippen molar-refractivity contribution in [2.75, 3.05) is 97.9 Å².